The van der Waals surface area contributed by atoms with E-state index in [0.29, 0.717) is 11.8 Å². The summed E-state index contributed by atoms with van der Waals surface area (Å²) in [6, 6.07) is 6.28. The lowest BCUT2D eigenvalue weighted by molar-refractivity contribution is 0.240. The zero-order chi connectivity index (χ0) is 17.0. The van der Waals surface area contributed by atoms with Gasteiger partial charge < -0.3 is 16.4 Å². The van der Waals surface area contributed by atoms with E-state index in [1.165, 1.54) is 11.1 Å². The quantitative estimate of drug-likeness (QED) is 0.774. The molecular formula is C19H31N3O. The Morgan fingerprint density at radius 2 is 1.65 bits per heavy atom. The molecule has 0 radical (unpaired) electrons. The molecule has 0 heterocycles. The molecule has 128 valence electrons. The maximum Gasteiger partial charge on any atom is 0.319 e. The Labute approximate surface area is 140 Å². The van der Waals surface area contributed by atoms with E-state index in [4.69, 9.17) is 5.73 Å². The van der Waals surface area contributed by atoms with Gasteiger partial charge in [0.1, 0.15) is 0 Å². The van der Waals surface area contributed by atoms with Gasteiger partial charge in [0, 0.05) is 17.8 Å². The molecule has 0 spiro atoms. The van der Waals surface area contributed by atoms with Crippen molar-refractivity contribution in [3.8, 4) is 0 Å². The van der Waals surface area contributed by atoms with Crippen molar-refractivity contribution in [3.05, 3.63) is 29.3 Å². The minimum absolute atomic E-state index is 0.0689. The molecule has 1 saturated carbocycles. The molecule has 2 atom stereocenters. The summed E-state index contributed by atoms with van der Waals surface area (Å²) in [7, 11) is 0. The minimum Gasteiger partial charge on any atom is -0.334 e. The van der Waals surface area contributed by atoms with Crippen LogP contribution in [0.3, 0.4) is 0 Å². The topological polar surface area (TPSA) is 67.2 Å². The van der Waals surface area contributed by atoms with Gasteiger partial charge in [0.2, 0.25) is 0 Å². The highest BCUT2D eigenvalue weighted by Crippen LogP contribution is 2.32. The summed E-state index contributed by atoms with van der Waals surface area (Å²) in [6.45, 7) is 8.61. The third kappa shape index (κ3) is 4.47. The molecule has 1 aromatic rings. The van der Waals surface area contributed by atoms with E-state index in [1.54, 1.807) is 0 Å². The molecule has 1 aliphatic rings. The van der Waals surface area contributed by atoms with Gasteiger partial charge in [-0.2, -0.15) is 0 Å². The molecule has 0 bridgehead atoms. The van der Waals surface area contributed by atoms with Crippen LogP contribution in [-0.4, -0.2) is 18.1 Å². The lowest BCUT2D eigenvalue weighted by Crippen LogP contribution is -2.50. The van der Waals surface area contributed by atoms with Crippen molar-refractivity contribution in [2.45, 2.75) is 77.3 Å². The molecule has 0 aromatic heterocycles. The summed E-state index contributed by atoms with van der Waals surface area (Å²) in [4.78, 5) is 12.5. The molecule has 0 saturated heterocycles. The lowest BCUT2D eigenvalue weighted by atomic mass is 9.91. The Morgan fingerprint density at radius 3 is 2.17 bits per heavy atom. The number of hydrogen-bond acceptors (Lipinski definition) is 2. The predicted octanol–water partition coefficient (Wildman–Crippen LogP) is 4.32. The largest absolute Gasteiger partial charge is 0.334 e. The van der Waals surface area contributed by atoms with E-state index in [9.17, 15) is 4.79 Å². The van der Waals surface area contributed by atoms with Crippen LogP contribution in [0, 0.1) is 0 Å². The normalized spacial score (nSPS) is 21.5. The third-order valence-electron chi connectivity index (χ3n) is 4.75. The van der Waals surface area contributed by atoms with Crippen molar-refractivity contribution in [1.29, 1.82) is 0 Å². The number of benzene rings is 1. The van der Waals surface area contributed by atoms with Crippen LogP contribution in [0.1, 0.15) is 76.3 Å². The number of amides is 2. The van der Waals surface area contributed by atoms with Crippen LogP contribution in [-0.2, 0) is 0 Å². The second-order valence-electron chi connectivity index (χ2n) is 7.27. The first-order valence-corrected chi connectivity index (χ1v) is 8.86. The Bertz CT molecular complexity index is 513. The van der Waals surface area contributed by atoms with Crippen LogP contribution in [0.2, 0.25) is 0 Å². The summed E-state index contributed by atoms with van der Waals surface area (Å²) in [6.07, 6.45) is 4.26. The van der Waals surface area contributed by atoms with E-state index in [-0.39, 0.29) is 18.1 Å². The van der Waals surface area contributed by atoms with Crippen molar-refractivity contribution in [3.63, 3.8) is 0 Å². The fraction of sp³-hybridized carbons (Fsp3) is 0.632. The van der Waals surface area contributed by atoms with Crippen molar-refractivity contribution in [1.82, 2.24) is 5.32 Å². The predicted molar refractivity (Wildman–Crippen MR) is 97.0 cm³/mol. The molecule has 0 aliphatic heterocycles. The summed E-state index contributed by atoms with van der Waals surface area (Å²) < 4.78 is 0. The van der Waals surface area contributed by atoms with E-state index in [0.717, 1.165) is 31.4 Å². The fourth-order valence-electron chi connectivity index (χ4n) is 3.35. The highest BCUT2D eigenvalue weighted by Gasteiger charge is 2.24. The second kappa shape index (κ2) is 7.82. The Hall–Kier alpha value is -1.55. The second-order valence-corrected chi connectivity index (χ2v) is 7.27. The van der Waals surface area contributed by atoms with Gasteiger partial charge in [0.05, 0.1) is 0 Å². The Morgan fingerprint density at radius 1 is 1.09 bits per heavy atom. The number of carbonyl (C=O) groups excluding carboxylic acids is 1. The van der Waals surface area contributed by atoms with Crippen molar-refractivity contribution < 1.29 is 4.79 Å². The molecule has 4 N–H and O–H groups in total. The molecule has 1 fully saturated rings. The smallest absolute Gasteiger partial charge is 0.319 e. The van der Waals surface area contributed by atoms with Crippen molar-refractivity contribution in [2.75, 3.05) is 5.32 Å². The summed E-state index contributed by atoms with van der Waals surface area (Å²) >= 11 is 0. The van der Waals surface area contributed by atoms with Crippen LogP contribution >= 0.6 is 0 Å². The van der Waals surface area contributed by atoms with Crippen molar-refractivity contribution in [2.24, 2.45) is 5.73 Å². The van der Waals surface area contributed by atoms with Gasteiger partial charge in [-0.3, -0.25) is 0 Å². The van der Waals surface area contributed by atoms with Crippen LogP contribution in [0.15, 0.2) is 18.2 Å². The fourth-order valence-corrected chi connectivity index (χ4v) is 3.35. The van der Waals surface area contributed by atoms with Gasteiger partial charge in [-0.25, -0.2) is 4.79 Å². The first-order chi connectivity index (χ1) is 10.9. The number of hydrogen-bond donors (Lipinski definition) is 3. The molecule has 1 aliphatic carbocycles. The average molecular weight is 317 g/mol. The SMILES string of the molecule is CC(C)c1cccc(C(C)C)c1NC(=O)N[C@@H]1CCCC[C@H]1N. The molecule has 23 heavy (non-hydrogen) atoms. The van der Waals surface area contributed by atoms with E-state index >= 15 is 0 Å². The van der Waals surface area contributed by atoms with Gasteiger partial charge in [-0.1, -0.05) is 58.7 Å². The molecule has 4 heteroatoms. The van der Waals surface area contributed by atoms with E-state index < -0.39 is 0 Å². The first kappa shape index (κ1) is 17.8. The van der Waals surface area contributed by atoms with Gasteiger partial charge in [-0.05, 0) is 35.8 Å². The van der Waals surface area contributed by atoms with Crippen LogP contribution < -0.4 is 16.4 Å². The first-order valence-electron chi connectivity index (χ1n) is 8.86. The van der Waals surface area contributed by atoms with Gasteiger partial charge in [-0.15, -0.1) is 0 Å². The highest BCUT2D eigenvalue weighted by atomic mass is 16.2. The Balaban J connectivity index is 2.16. The maximum absolute atomic E-state index is 12.5. The zero-order valence-electron chi connectivity index (χ0n) is 14.9. The standard InChI is InChI=1S/C19H31N3O/c1-12(2)14-8-7-9-15(13(3)4)18(14)22-19(23)21-17-11-6-5-10-16(17)20/h7-9,12-13,16-17H,5-6,10-11,20H2,1-4H3,(H2,21,22,23)/t16-,17-/m1/s1. The molecule has 2 amide bonds. The number of carbonyl (C=O) groups is 1. The van der Waals surface area contributed by atoms with Crippen LogP contribution in [0.5, 0.6) is 0 Å². The number of para-hydroxylation sites is 1. The highest BCUT2D eigenvalue weighted by molar-refractivity contribution is 5.91. The minimum atomic E-state index is -0.137. The molecular weight excluding hydrogens is 286 g/mol. The number of rotatable bonds is 4. The molecule has 4 nitrogen and oxygen atoms in total. The zero-order valence-corrected chi connectivity index (χ0v) is 14.9. The number of anilines is 1. The van der Waals surface area contributed by atoms with E-state index in [1.807, 2.05) is 0 Å². The van der Waals surface area contributed by atoms with Gasteiger partial charge in [0.15, 0.2) is 0 Å². The maximum atomic E-state index is 12.5. The van der Waals surface area contributed by atoms with Crippen LogP contribution in [0.4, 0.5) is 10.5 Å². The number of nitrogens with two attached hydrogens (primary N) is 1. The summed E-state index contributed by atoms with van der Waals surface area (Å²) in [5.74, 6) is 0.724. The third-order valence-corrected chi connectivity index (χ3v) is 4.75. The lowest BCUT2D eigenvalue weighted by Gasteiger charge is -2.30. The Kier molecular flexibility index (Phi) is 6.05. The van der Waals surface area contributed by atoms with E-state index in [2.05, 4.69) is 56.5 Å². The molecule has 2 rings (SSSR count). The number of urea groups is 1. The monoisotopic (exact) mass is 317 g/mol. The summed E-state index contributed by atoms with van der Waals surface area (Å²) in [5, 5.41) is 6.18. The average Bonchev–Trinajstić information content (AvgIpc) is 2.49. The summed E-state index contributed by atoms with van der Waals surface area (Å²) in [5.41, 5.74) is 9.45. The van der Waals surface area contributed by atoms with Crippen molar-refractivity contribution >= 4 is 11.7 Å². The van der Waals surface area contributed by atoms with Gasteiger partial charge in [0.25, 0.3) is 0 Å². The molecule has 0 unspecified atom stereocenters. The van der Waals surface area contributed by atoms with Crippen LogP contribution in [0.25, 0.3) is 0 Å². The number of nitrogens with one attached hydrogen (secondary N) is 2. The molecule has 1 aromatic carbocycles. The van der Waals surface area contributed by atoms with Gasteiger partial charge >= 0.3 is 6.03 Å².